The third-order valence-corrected chi connectivity index (χ3v) is 3.06. The molecule has 0 radical (unpaired) electrons. The van der Waals surface area contributed by atoms with Gasteiger partial charge in [0.25, 0.3) is 0 Å². The van der Waals surface area contributed by atoms with Crippen molar-refractivity contribution in [2.45, 2.75) is 0 Å². The molecule has 2 heterocycles. The van der Waals surface area contributed by atoms with Gasteiger partial charge in [0.15, 0.2) is 0 Å². The molecule has 0 spiro atoms. The molecule has 114 valence electrons. The Kier molecular flexibility index (Phi) is 4.49. The average molecular weight is 327 g/mol. The number of pyridine rings is 2. The topological polar surface area (TPSA) is 61.3 Å². The van der Waals surface area contributed by atoms with Crippen molar-refractivity contribution < 1.29 is 14.3 Å². The van der Waals surface area contributed by atoms with Crippen LogP contribution in [0.25, 0.3) is 0 Å². The first kappa shape index (κ1) is 15.0. The summed E-state index contributed by atoms with van der Waals surface area (Å²) in [5, 5.41) is 0.235. The quantitative estimate of drug-likeness (QED) is 0.409. The molecule has 3 aromatic rings. The van der Waals surface area contributed by atoms with Crippen molar-refractivity contribution in [2.75, 3.05) is 0 Å². The van der Waals surface area contributed by atoms with Gasteiger partial charge >= 0.3 is 5.97 Å². The molecule has 0 atom stereocenters. The molecule has 0 aliphatic rings. The molecular formula is C17H11ClN2O3. The highest BCUT2D eigenvalue weighted by molar-refractivity contribution is 6.29. The molecule has 0 fully saturated rings. The maximum atomic E-state index is 12.0. The summed E-state index contributed by atoms with van der Waals surface area (Å²) in [6.45, 7) is 0. The second-order valence-electron chi connectivity index (χ2n) is 4.50. The molecule has 0 saturated carbocycles. The number of hydrogen-bond donors (Lipinski definition) is 0. The molecule has 23 heavy (non-hydrogen) atoms. The van der Waals surface area contributed by atoms with Gasteiger partial charge in [0.05, 0.1) is 5.56 Å². The van der Waals surface area contributed by atoms with Crippen LogP contribution in [0.5, 0.6) is 17.4 Å². The number of benzene rings is 1. The molecule has 3 rings (SSSR count). The summed E-state index contributed by atoms with van der Waals surface area (Å²) in [7, 11) is 0. The maximum Gasteiger partial charge on any atom is 0.343 e. The second-order valence-corrected chi connectivity index (χ2v) is 4.89. The van der Waals surface area contributed by atoms with E-state index < -0.39 is 5.97 Å². The second kappa shape index (κ2) is 6.89. The maximum absolute atomic E-state index is 12.0. The number of carbonyl (C=O) groups is 1. The van der Waals surface area contributed by atoms with E-state index in [9.17, 15) is 4.79 Å². The van der Waals surface area contributed by atoms with E-state index >= 15 is 0 Å². The van der Waals surface area contributed by atoms with E-state index in [1.807, 2.05) is 6.07 Å². The lowest BCUT2D eigenvalue weighted by Gasteiger charge is -2.07. The van der Waals surface area contributed by atoms with Gasteiger partial charge < -0.3 is 9.47 Å². The number of nitrogens with zero attached hydrogens (tertiary/aromatic N) is 2. The minimum atomic E-state index is -0.507. The standard InChI is InChI=1S/C17H11ClN2O3/c18-15-11-12(8-10-19-15)17(21)23-14-6-4-13(5-7-14)22-16-3-1-2-9-20-16/h1-11H. The molecule has 0 aliphatic heterocycles. The van der Waals surface area contributed by atoms with E-state index in [-0.39, 0.29) is 5.15 Å². The molecular weight excluding hydrogens is 316 g/mol. The molecule has 1 aromatic carbocycles. The predicted molar refractivity (Wildman–Crippen MR) is 85.0 cm³/mol. The first-order valence-corrected chi connectivity index (χ1v) is 7.11. The fraction of sp³-hybridized carbons (Fsp3) is 0. The molecule has 0 saturated heterocycles. The summed E-state index contributed by atoms with van der Waals surface area (Å²) in [6, 6.07) is 15.0. The van der Waals surface area contributed by atoms with Crippen molar-refractivity contribution in [3.63, 3.8) is 0 Å². The number of aromatic nitrogens is 2. The number of hydrogen-bond acceptors (Lipinski definition) is 5. The molecule has 5 nitrogen and oxygen atoms in total. The molecule has 2 aromatic heterocycles. The van der Waals surface area contributed by atoms with Crippen LogP contribution in [0.3, 0.4) is 0 Å². The van der Waals surface area contributed by atoms with Crippen LogP contribution < -0.4 is 9.47 Å². The van der Waals surface area contributed by atoms with E-state index in [0.717, 1.165) is 0 Å². The number of carbonyl (C=O) groups excluding carboxylic acids is 1. The summed E-state index contributed by atoms with van der Waals surface area (Å²) < 4.78 is 10.8. The third-order valence-electron chi connectivity index (χ3n) is 2.86. The Morgan fingerprint density at radius 1 is 0.913 bits per heavy atom. The van der Waals surface area contributed by atoms with E-state index in [1.165, 1.54) is 18.3 Å². The Hall–Kier alpha value is -2.92. The summed E-state index contributed by atoms with van der Waals surface area (Å²) in [5.41, 5.74) is 0.332. The van der Waals surface area contributed by atoms with E-state index in [4.69, 9.17) is 21.1 Å². The summed E-state index contributed by atoms with van der Waals surface area (Å²) in [5.74, 6) is 0.975. The Bertz CT molecular complexity index is 808. The van der Waals surface area contributed by atoms with Crippen molar-refractivity contribution in [2.24, 2.45) is 0 Å². The smallest absolute Gasteiger partial charge is 0.343 e. The largest absolute Gasteiger partial charge is 0.439 e. The van der Waals surface area contributed by atoms with Crippen LogP contribution >= 0.6 is 11.6 Å². The van der Waals surface area contributed by atoms with Gasteiger partial charge in [-0.15, -0.1) is 0 Å². The Morgan fingerprint density at radius 2 is 1.70 bits per heavy atom. The first-order chi connectivity index (χ1) is 11.2. The van der Waals surface area contributed by atoms with Crippen LogP contribution in [0, 0.1) is 0 Å². The zero-order valence-electron chi connectivity index (χ0n) is 11.8. The Morgan fingerprint density at radius 3 is 2.39 bits per heavy atom. The molecule has 0 N–H and O–H groups in total. The van der Waals surface area contributed by atoms with Crippen LogP contribution in [0.2, 0.25) is 5.15 Å². The third kappa shape index (κ3) is 4.05. The highest BCUT2D eigenvalue weighted by atomic mass is 35.5. The van der Waals surface area contributed by atoms with Gasteiger partial charge in [0.1, 0.15) is 16.7 Å². The SMILES string of the molecule is O=C(Oc1ccc(Oc2ccccn2)cc1)c1ccnc(Cl)c1. The summed E-state index contributed by atoms with van der Waals surface area (Å²) in [6.07, 6.45) is 3.09. The first-order valence-electron chi connectivity index (χ1n) is 6.73. The van der Waals surface area contributed by atoms with Gasteiger partial charge in [-0.3, -0.25) is 0 Å². The van der Waals surface area contributed by atoms with E-state index in [1.54, 1.807) is 42.6 Å². The van der Waals surface area contributed by atoms with Crippen molar-refractivity contribution in [1.29, 1.82) is 0 Å². The van der Waals surface area contributed by atoms with Crippen molar-refractivity contribution in [3.8, 4) is 17.4 Å². The predicted octanol–water partition coefficient (Wildman–Crippen LogP) is 4.14. The van der Waals surface area contributed by atoms with Crippen molar-refractivity contribution >= 4 is 17.6 Å². The average Bonchev–Trinajstić information content (AvgIpc) is 2.57. The van der Waals surface area contributed by atoms with Crippen LogP contribution in [0.1, 0.15) is 10.4 Å². The minimum Gasteiger partial charge on any atom is -0.439 e. The highest BCUT2D eigenvalue weighted by Gasteiger charge is 2.09. The normalized spacial score (nSPS) is 10.1. The monoisotopic (exact) mass is 326 g/mol. The van der Waals surface area contributed by atoms with Crippen LogP contribution in [0.15, 0.2) is 67.0 Å². The molecule has 6 heteroatoms. The lowest BCUT2D eigenvalue weighted by molar-refractivity contribution is 0.0734. The van der Waals surface area contributed by atoms with Gasteiger partial charge in [0, 0.05) is 18.5 Å². The molecule has 0 unspecified atom stereocenters. The number of esters is 1. The lowest BCUT2D eigenvalue weighted by Crippen LogP contribution is -2.08. The zero-order valence-corrected chi connectivity index (χ0v) is 12.6. The number of ether oxygens (including phenoxy) is 2. The molecule has 0 aliphatic carbocycles. The van der Waals surface area contributed by atoms with Gasteiger partial charge in [-0.2, -0.15) is 0 Å². The lowest BCUT2D eigenvalue weighted by atomic mass is 10.3. The van der Waals surface area contributed by atoms with Crippen LogP contribution in [0.4, 0.5) is 0 Å². The van der Waals surface area contributed by atoms with Crippen LogP contribution in [-0.2, 0) is 0 Å². The Labute approximate surface area is 137 Å². The number of rotatable bonds is 4. The van der Waals surface area contributed by atoms with E-state index in [2.05, 4.69) is 9.97 Å². The highest BCUT2D eigenvalue weighted by Crippen LogP contribution is 2.22. The fourth-order valence-electron chi connectivity index (χ4n) is 1.80. The summed E-state index contributed by atoms with van der Waals surface area (Å²) >= 11 is 5.75. The van der Waals surface area contributed by atoms with Crippen molar-refractivity contribution in [3.05, 3.63) is 77.7 Å². The van der Waals surface area contributed by atoms with Gasteiger partial charge in [0.2, 0.25) is 5.88 Å². The van der Waals surface area contributed by atoms with Crippen LogP contribution in [-0.4, -0.2) is 15.9 Å². The van der Waals surface area contributed by atoms with Gasteiger partial charge in [-0.1, -0.05) is 17.7 Å². The fourth-order valence-corrected chi connectivity index (χ4v) is 1.97. The van der Waals surface area contributed by atoms with Gasteiger partial charge in [-0.25, -0.2) is 14.8 Å². The summed E-state index contributed by atoms with van der Waals surface area (Å²) in [4.78, 5) is 19.9. The van der Waals surface area contributed by atoms with Gasteiger partial charge in [-0.05, 0) is 42.5 Å². The molecule has 0 bridgehead atoms. The number of halogens is 1. The van der Waals surface area contributed by atoms with Crippen molar-refractivity contribution in [1.82, 2.24) is 9.97 Å². The molecule has 0 amide bonds. The Balaban J connectivity index is 1.67. The van der Waals surface area contributed by atoms with E-state index in [0.29, 0.717) is 22.9 Å². The zero-order chi connectivity index (χ0) is 16.1. The minimum absolute atomic E-state index is 0.235.